The number of benzene rings is 2. The molecule has 2 aromatic carbocycles. The van der Waals surface area contributed by atoms with Crippen LogP contribution in [0.25, 0.3) is 0 Å². The molecule has 4 rings (SSSR count). The summed E-state index contributed by atoms with van der Waals surface area (Å²) >= 11 is 0. The van der Waals surface area contributed by atoms with Crippen LogP contribution in [0, 0.1) is 24.1 Å². The molecule has 0 aromatic heterocycles. The summed E-state index contributed by atoms with van der Waals surface area (Å²) in [5.41, 5.74) is 2.43. The van der Waals surface area contributed by atoms with Gasteiger partial charge in [-0.25, -0.2) is 12.8 Å². The summed E-state index contributed by atoms with van der Waals surface area (Å²) in [5.74, 6) is -0.529. The number of hydrogen-bond acceptors (Lipinski definition) is 5. The third kappa shape index (κ3) is 5.02. The van der Waals surface area contributed by atoms with Crippen molar-refractivity contribution < 1.29 is 12.8 Å². The van der Waals surface area contributed by atoms with E-state index in [4.69, 9.17) is 5.26 Å². The number of hydrogen-bond donors (Lipinski definition) is 0. The lowest BCUT2D eigenvalue weighted by Gasteiger charge is -2.42. The van der Waals surface area contributed by atoms with Crippen molar-refractivity contribution in [3.8, 4) is 6.07 Å². The van der Waals surface area contributed by atoms with E-state index in [1.807, 2.05) is 18.2 Å². The molecule has 2 heterocycles. The first-order chi connectivity index (χ1) is 15.4. The summed E-state index contributed by atoms with van der Waals surface area (Å²) in [5, 5.41) is 9.08. The number of sulfonamides is 1. The minimum Gasteiger partial charge on any atom is -0.299 e. The topological polar surface area (TPSA) is 67.7 Å². The molecule has 0 N–H and O–H groups in total. The SMILES string of the molecule is Cc1ccc(F)cc1S(=O)(=O)N1CCN(C2CCN(Cc3cccc(C#N)c3)CC2)CC1. The van der Waals surface area contributed by atoms with E-state index in [0.29, 0.717) is 43.3 Å². The Bertz CT molecular complexity index is 1100. The van der Waals surface area contributed by atoms with E-state index in [-0.39, 0.29) is 4.90 Å². The molecule has 0 atom stereocenters. The molecular weight excluding hydrogens is 427 g/mol. The normalized spacial score (nSPS) is 19.7. The molecule has 170 valence electrons. The number of aryl methyl sites for hydroxylation is 1. The zero-order valence-corrected chi connectivity index (χ0v) is 19.2. The van der Waals surface area contributed by atoms with Gasteiger partial charge in [-0.3, -0.25) is 9.80 Å². The lowest BCUT2D eigenvalue weighted by Crippen LogP contribution is -2.54. The van der Waals surface area contributed by atoms with Crippen LogP contribution in [-0.2, 0) is 16.6 Å². The molecule has 2 aliphatic heterocycles. The molecule has 8 heteroatoms. The van der Waals surface area contributed by atoms with Gasteiger partial charge >= 0.3 is 0 Å². The van der Waals surface area contributed by atoms with E-state index in [1.54, 1.807) is 6.92 Å². The number of likely N-dealkylation sites (tertiary alicyclic amines) is 1. The number of piperazine rings is 1. The molecule has 0 unspecified atom stereocenters. The van der Waals surface area contributed by atoms with Crippen molar-refractivity contribution in [1.82, 2.24) is 14.1 Å². The van der Waals surface area contributed by atoms with Crippen molar-refractivity contribution in [3.05, 3.63) is 65.0 Å². The van der Waals surface area contributed by atoms with Gasteiger partial charge in [0.15, 0.2) is 0 Å². The molecule has 0 aliphatic carbocycles. The smallest absolute Gasteiger partial charge is 0.243 e. The Kier molecular flexibility index (Phi) is 6.91. The van der Waals surface area contributed by atoms with Crippen molar-refractivity contribution in [3.63, 3.8) is 0 Å². The van der Waals surface area contributed by atoms with E-state index >= 15 is 0 Å². The summed E-state index contributed by atoms with van der Waals surface area (Å²) in [7, 11) is -3.68. The van der Waals surface area contributed by atoms with Crippen LogP contribution >= 0.6 is 0 Å². The Balaban J connectivity index is 1.30. The van der Waals surface area contributed by atoms with E-state index in [2.05, 4.69) is 21.9 Å². The van der Waals surface area contributed by atoms with Crippen molar-refractivity contribution in [2.45, 2.75) is 37.2 Å². The van der Waals surface area contributed by atoms with Crippen LogP contribution in [-0.4, -0.2) is 67.8 Å². The van der Waals surface area contributed by atoms with Crippen molar-refractivity contribution in [2.24, 2.45) is 0 Å². The van der Waals surface area contributed by atoms with Crippen molar-refractivity contribution in [1.29, 1.82) is 5.26 Å². The monoisotopic (exact) mass is 456 g/mol. The van der Waals surface area contributed by atoms with Gasteiger partial charge in [-0.15, -0.1) is 0 Å². The van der Waals surface area contributed by atoms with E-state index < -0.39 is 15.8 Å². The van der Waals surface area contributed by atoms with Gasteiger partial charge in [-0.2, -0.15) is 9.57 Å². The average molecular weight is 457 g/mol. The summed E-state index contributed by atoms with van der Waals surface area (Å²) in [6.45, 7) is 6.78. The van der Waals surface area contributed by atoms with Crippen LogP contribution < -0.4 is 0 Å². The van der Waals surface area contributed by atoms with Gasteiger partial charge in [-0.1, -0.05) is 18.2 Å². The highest BCUT2D eigenvalue weighted by Gasteiger charge is 2.33. The molecule has 6 nitrogen and oxygen atoms in total. The largest absolute Gasteiger partial charge is 0.299 e. The fourth-order valence-electron chi connectivity index (χ4n) is 4.74. The zero-order valence-electron chi connectivity index (χ0n) is 18.4. The second kappa shape index (κ2) is 9.67. The number of halogens is 1. The Morgan fingerprint density at radius 3 is 2.44 bits per heavy atom. The number of nitriles is 1. The van der Waals surface area contributed by atoms with Crippen LogP contribution in [0.1, 0.15) is 29.5 Å². The first kappa shape index (κ1) is 22.9. The molecule has 2 fully saturated rings. The predicted octanol–water partition coefficient (Wildman–Crippen LogP) is 2.98. The van der Waals surface area contributed by atoms with Gasteiger partial charge in [0.2, 0.25) is 10.0 Å². The molecule has 0 amide bonds. The predicted molar refractivity (Wildman–Crippen MR) is 121 cm³/mol. The van der Waals surface area contributed by atoms with Crippen LogP contribution in [0.15, 0.2) is 47.4 Å². The van der Waals surface area contributed by atoms with Gasteiger partial charge < -0.3 is 0 Å². The van der Waals surface area contributed by atoms with Crippen molar-refractivity contribution in [2.75, 3.05) is 39.3 Å². The molecule has 2 aromatic rings. The highest BCUT2D eigenvalue weighted by atomic mass is 32.2. The summed E-state index contributed by atoms with van der Waals surface area (Å²) in [6.07, 6.45) is 2.10. The van der Waals surface area contributed by atoms with E-state index in [1.165, 1.54) is 16.4 Å². The van der Waals surface area contributed by atoms with Gasteiger partial charge in [0.1, 0.15) is 5.82 Å². The quantitative estimate of drug-likeness (QED) is 0.692. The van der Waals surface area contributed by atoms with Gasteiger partial charge in [-0.05, 0) is 68.2 Å². The van der Waals surface area contributed by atoms with E-state index in [0.717, 1.165) is 44.1 Å². The zero-order chi connectivity index (χ0) is 22.7. The number of nitrogens with zero attached hydrogens (tertiary/aromatic N) is 4. The maximum absolute atomic E-state index is 13.6. The summed E-state index contributed by atoms with van der Waals surface area (Å²) in [6, 6.07) is 14.3. The Morgan fingerprint density at radius 1 is 1.03 bits per heavy atom. The maximum atomic E-state index is 13.6. The highest BCUT2D eigenvalue weighted by Crippen LogP contribution is 2.25. The Morgan fingerprint density at radius 2 is 1.75 bits per heavy atom. The maximum Gasteiger partial charge on any atom is 0.243 e. The molecule has 0 bridgehead atoms. The second-order valence-electron chi connectivity index (χ2n) is 8.67. The van der Waals surface area contributed by atoms with Crippen LogP contribution in [0.2, 0.25) is 0 Å². The van der Waals surface area contributed by atoms with Gasteiger partial charge in [0.25, 0.3) is 0 Å². The first-order valence-electron chi connectivity index (χ1n) is 11.1. The first-order valence-corrected chi connectivity index (χ1v) is 12.5. The molecule has 2 aliphatic rings. The van der Waals surface area contributed by atoms with E-state index in [9.17, 15) is 12.8 Å². The third-order valence-corrected chi connectivity index (χ3v) is 8.62. The fraction of sp³-hybridized carbons (Fsp3) is 0.458. The van der Waals surface area contributed by atoms with Crippen molar-refractivity contribution >= 4 is 10.0 Å². The number of piperidine rings is 1. The molecule has 0 spiro atoms. The molecule has 2 saturated heterocycles. The Labute approximate surface area is 189 Å². The second-order valence-corrected chi connectivity index (χ2v) is 10.6. The standard InChI is InChI=1S/C24H29FN4O2S/c1-19-5-6-22(25)16-24(19)32(30,31)29-13-11-28(12-14-29)23-7-9-27(10-8-23)18-21-4-2-3-20(15-21)17-26/h2-6,15-16,23H,7-14,18H2,1H3. The minimum atomic E-state index is -3.68. The molecule has 0 saturated carbocycles. The molecular formula is C24H29FN4O2S. The summed E-state index contributed by atoms with van der Waals surface area (Å²) in [4.78, 5) is 4.89. The minimum absolute atomic E-state index is 0.0692. The molecule has 32 heavy (non-hydrogen) atoms. The average Bonchev–Trinajstić information content (AvgIpc) is 2.81. The van der Waals surface area contributed by atoms with Crippen LogP contribution in [0.5, 0.6) is 0 Å². The summed E-state index contributed by atoms with van der Waals surface area (Å²) < 4.78 is 41.2. The van der Waals surface area contributed by atoms with Crippen LogP contribution in [0.4, 0.5) is 4.39 Å². The van der Waals surface area contributed by atoms with Gasteiger partial charge in [0.05, 0.1) is 16.5 Å². The number of rotatable bonds is 5. The fourth-order valence-corrected chi connectivity index (χ4v) is 6.40. The lowest BCUT2D eigenvalue weighted by atomic mass is 10.0. The van der Waals surface area contributed by atoms with Crippen LogP contribution in [0.3, 0.4) is 0 Å². The highest BCUT2D eigenvalue weighted by molar-refractivity contribution is 7.89. The molecule has 0 radical (unpaired) electrons. The Hall–Kier alpha value is -2.31. The third-order valence-electron chi connectivity index (χ3n) is 6.58. The van der Waals surface area contributed by atoms with Gasteiger partial charge in [0, 0.05) is 38.8 Å². The lowest BCUT2D eigenvalue weighted by molar-refractivity contribution is 0.0786.